The van der Waals surface area contributed by atoms with Crippen LogP contribution in [0.1, 0.15) is 39.5 Å². The maximum Gasteiger partial charge on any atom is 0.315 e. The smallest absolute Gasteiger partial charge is 0.315 e. The van der Waals surface area contributed by atoms with Gasteiger partial charge >= 0.3 is 5.97 Å². The third-order valence-electron chi connectivity index (χ3n) is 2.33. The molecule has 3 nitrogen and oxygen atoms in total. The molecule has 0 spiro atoms. The van der Waals surface area contributed by atoms with Crippen molar-refractivity contribution in [2.24, 2.45) is 0 Å². The number of ether oxygens (including phenoxy) is 1. The number of methoxy groups -OCH3 is 1. The summed E-state index contributed by atoms with van der Waals surface area (Å²) < 4.78 is 9.81. The lowest BCUT2D eigenvalue weighted by molar-refractivity contribution is -0.131. The maximum absolute atomic E-state index is 10.9. The van der Waals surface area contributed by atoms with Crippen molar-refractivity contribution in [2.45, 2.75) is 45.6 Å². The van der Waals surface area contributed by atoms with Crippen molar-refractivity contribution >= 4 is 29.0 Å². The lowest BCUT2D eigenvalue weighted by atomic mass is 10.1. The Morgan fingerprint density at radius 2 is 2.13 bits per heavy atom. The van der Waals surface area contributed by atoms with E-state index in [1.165, 1.54) is 5.57 Å². The Kier molecular flexibility index (Phi) is 9.09. The molecule has 0 aliphatic carbocycles. The number of rotatable bonds is 7. The summed E-state index contributed by atoms with van der Waals surface area (Å²) in [6.45, 7) is 4.13. The molecule has 0 heterocycles. The number of hydrogen-bond donors (Lipinski definition) is 0. The lowest BCUT2D eigenvalue weighted by Crippen LogP contribution is -2.07. The predicted octanol–water partition coefficient (Wildman–Crippen LogP) is 3.42. The summed E-state index contributed by atoms with van der Waals surface area (Å²) in [4.78, 5) is 10.9. The van der Waals surface area contributed by atoms with E-state index in [9.17, 15) is 4.79 Å². The SMILES string of the molecule is CC[C@H](C/C=C(\C)CCC(=O)OI)OC. The van der Waals surface area contributed by atoms with E-state index in [4.69, 9.17) is 4.74 Å². The van der Waals surface area contributed by atoms with E-state index >= 15 is 0 Å². The van der Waals surface area contributed by atoms with Crippen molar-refractivity contribution in [3.8, 4) is 0 Å². The normalized spacial score (nSPS) is 13.7. The monoisotopic (exact) mass is 326 g/mol. The molecular weight excluding hydrogens is 307 g/mol. The van der Waals surface area contributed by atoms with Crippen molar-refractivity contribution in [3.05, 3.63) is 11.6 Å². The number of halogens is 1. The van der Waals surface area contributed by atoms with Gasteiger partial charge in [-0.2, -0.15) is 0 Å². The molecule has 0 bridgehead atoms. The summed E-state index contributed by atoms with van der Waals surface area (Å²) in [5.74, 6) is -0.165. The molecule has 0 aromatic carbocycles. The Hall–Kier alpha value is -0.100. The fraction of sp³-hybridized carbons (Fsp3) is 0.727. The standard InChI is InChI=1S/C11H19IO3/c1-4-10(14-3)7-5-9(2)6-8-11(13)15-12/h5,10H,4,6-8H2,1-3H3/b9-5+/t10-/m1/s1. The van der Waals surface area contributed by atoms with Crippen LogP contribution in [0.4, 0.5) is 0 Å². The van der Waals surface area contributed by atoms with Gasteiger partial charge in [-0.15, -0.1) is 0 Å². The van der Waals surface area contributed by atoms with Gasteiger partial charge in [-0.3, -0.25) is 4.79 Å². The fourth-order valence-corrected chi connectivity index (χ4v) is 1.42. The summed E-state index contributed by atoms with van der Waals surface area (Å²) in [6, 6.07) is 0. The highest BCUT2D eigenvalue weighted by atomic mass is 127. The molecule has 0 saturated carbocycles. The topological polar surface area (TPSA) is 35.5 Å². The average Bonchev–Trinajstić information content (AvgIpc) is 2.27. The highest BCUT2D eigenvalue weighted by Crippen LogP contribution is 2.10. The van der Waals surface area contributed by atoms with E-state index in [1.54, 1.807) is 30.1 Å². The summed E-state index contributed by atoms with van der Waals surface area (Å²) in [5.41, 5.74) is 1.22. The van der Waals surface area contributed by atoms with Crippen molar-refractivity contribution < 1.29 is 12.6 Å². The van der Waals surface area contributed by atoms with Gasteiger partial charge in [-0.05, 0) is 26.2 Å². The zero-order valence-electron chi connectivity index (χ0n) is 9.59. The fourth-order valence-electron chi connectivity index (χ4n) is 1.20. The van der Waals surface area contributed by atoms with Crippen LogP contribution in [0.5, 0.6) is 0 Å². The van der Waals surface area contributed by atoms with E-state index in [1.807, 2.05) is 6.92 Å². The second-order valence-corrected chi connectivity index (χ2v) is 3.94. The lowest BCUT2D eigenvalue weighted by Gasteiger charge is -2.10. The molecule has 1 atom stereocenters. The minimum atomic E-state index is -0.165. The first-order valence-corrected chi connectivity index (χ1v) is 6.01. The van der Waals surface area contributed by atoms with Gasteiger partial charge in [0.1, 0.15) is 0 Å². The van der Waals surface area contributed by atoms with Crippen molar-refractivity contribution in [3.63, 3.8) is 0 Å². The van der Waals surface area contributed by atoms with Crippen molar-refractivity contribution in [2.75, 3.05) is 7.11 Å². The van der Waals surface area contributed by atoms with Gasteiger partial charge in [0.05, 0.1) is 6.10 Å². The molecule has 4 heteroatoms. The quantitative estimate of drug-likeness (QED) is 0.531. The first-order valence-electron chi connectivity index (χ1n) is 5.13. The molecule has 0 rings (SSSR count). The third kappa shape index (κ3) is 7.79. The van der Waals surface area contributed by atoms with Gasteiger partial charge in [0, 0.05) is 13.5 Å². The molecule has 0 aromatic rings. The predicted molar refractivity (Wildman–Crippen MR) is 68.8 cm³/mol. The van der Waals surface area contributed by atoms with E-state index in [-0.39, 0.29) is 12.1 Å². The Balaban J connectivity index is 3.82. The molecule has 0 amide bonds. The van der Waals surface area contributed by atoms with Gasteiger partial charge in [-0.25, -0.2) is 0 Å². The molecule has 0 fully saturated rings. The van der Waals surface area contributed by atoms with Crippen LogP contribution in [0.25, 0.3) is 0 Å². The minimum Gasteiger partial charge on any atom is -0.394 e. The maximum atomic E-state index is 10.9. The van der Waals surface area contributed by atoms with Crippen LogP contribution >= 0.6 is 23.0 Å². The van der Waals surface area contributed by atoms with Crippen LogP contribution in [0.15, 0.2) is 11.6 Å². The Bertz CT molecular complexity index is 210. The largest absolute Gasteiger partial charge is 0.394 e. The molecule has 0 radical (unpaired) electrons. The summed E-state index contributed by atoms with van der Waals surface area (Å²) in [7, 11) is 1.73. The van der Waals surface area contributed by atoms with E-state index in [0.717, 1.165) is 19.3 Å². The van der Waals surface area contributed by atoms with Gasteiger partial charge in [0.2, 0.25) is 0 Å². The van der Waals surface area contributed by atoms with Crippen LogP contribution in [0, 0.1) is 0 Å². The van der Waals surface area contributed by atoms with Crippen molar-refractivity contribution in [1.29, 1.82) is 0 Å². The van der Waals surface area contributed by atoms with Crippen LogP contribution < -0.4 is 0 Å². The molecule has 88 valence electrons. The van der Waals surface area contributed by atoms with Crippen LogP contribution in [0.3, 0.4) is 0 Å². The van der Waals surface area contributed by atoms with E-state index in [2.05, 4.69) is 16.1 Å². The highest BCUT2D eigenvalue weighted by molar-refractivity contribution is 14.1. The zero-order chi connectivity index (χ0) is 11.7. The molecule has 0 saturated heterocycles. The second-order valence-electron chi connectivity index (χ2n) is 3.50. The van der Waals surface area contributed by atoms with Crippen LogP contribution in [0.2, 0.25) is 0 Å². The highest BCUT2D eigenvalue weighted by Gasteiger charge is 2.04. The van der Waals surface area contributed by atoms with Crippen molar-refractivity contribution in [1.82, 2.24) is 0 Å². The van der Waals surface area contributed by atoms with Gasteiger partial charge in [0.15, 0.2) is 23.0 Å². The Morgan fingerprint density at radius 1 is 1.47 bits per heavy atom. The number of carbonyl (C=O) groups is 1. The molecular formula is C11H19IO3. The molecule has 0 aromatic heterocycles. The summed E-state index contributed by atoms with van der Waals surface area (Å²) >= 11 is 1.62. The van der Waals surface area contributed by atoms with E-state index < -0.39 is 0 Å². The number of carbonyl (C=O) groups excluding carboxylic acids is 1. The van der Waals surface area contributed by atoms with Crippen LogP contribution in [-0.2, 0) is 12.6 Å². The Morgan fingerprint density at radius 3 is 2.60 bits per heavy atom. The molecule has 0 aliphatic heterocycles. The summed E-state index contributed by atoms with van der Waals surface area (Å²) in [5, 5.41) is 0. The average molecular weight is 326 g/mol. The Labute approximate surface area is 106 Å². The molecule has 0 N–H and O–H groups in total. The molecule has 0 unspecified atom stereocenters. The first kappa shape index (κ1) is 14.9. The minimum absolute atomic E-state index is 0.165. The zero-order valence-corrected chi connectivity index (χ0v) is 11.7. The van der Waals surface area contributed by atoms with Gasteiger partial charge < -0.3 is 7.80 Å². The van der Waals surface area contributed by atoms with E-state index in [0.29, 0.717) is 6.42 Å². The van der Waals surface area contributed by atoms with Gasteiger partial charge in [-0.1, -0.05) is 18.6 Å². The van der Waals surface area contributed by atoms with Gasteiger partial charge in [0.25, 0.3) is 0 Å². The third-order valence-corrected chi connectivity index (χ3v) is 2.82. The molecule has 15 heavy (non-hydrogen) atoms. The number of allylic oxidation sites excluding steroid dienone is 1. The number of hydrogen-bond acceptors (Lipinski definition) is 3. The van der Waals surface area contributed by atoms with Crippen LogP contribution in [-0.4, -0.2) is 19.2 Å². The first-order chi connectivity index (χ1) is 7.13. The second kappa shape index (κ2) is 9.15. The summed E-state index contributed by atoms with van der Waals surface area (Å²) in [6.07, 6.45) is 5.57. The molecule has 0 aliphatic rings.